The van der Waals surface area contributed by atoms with E-state index < -0.39 is 6.10 Å². The average molecular weight is 257 g/mol. The maximum absolute atomic E-state index is 11.5. The lowest BCUT2D eigenvalue weighted by molar-refractivity contribution is -0.307. The molecule has 2 aliphatic rings. The molecule has 0 aromatic heterocycles. The first kappa shape index (κ1) is 13.8. The SMILES string of the molecule is CC1(C)CC(O)CC(C)(C)N1OC1CCOC1=O. The minimum absolute atomic E-state index is 0.285. The van der Waals surface area contributed by atoms with Crippen LogP contribution in [-0.2, 0) is 14.4 Å². The minimum Gasteiger partial charge on any atom is -0.464 e. The lowest BCUT2D eigenvalue weighted by Gasteiger charge is -2.53. The van der Waals surface area contributed by atoms with Crippen molar-refractivity contribution in [2.45, 2.75) is 70.2 Å². The third-order valence-electron chi connectivity index (χ3n) is 3.69. The van der Waals surface area contributed by atoms with Crippen LogP contribution in [0.5, 0.6) is 0 Å². The molecule has 1 N–H and O–H groups in total. The van der Waals surface area contributed by atoms with E-state index in [9.17, 15) is 9.90 Å². The highest BCUT2D eigenvalue weighted by molar-refractivity contribution is 5.76. The highest BCUT2D eigenvalue weighted by Crippen LogP contribution is 2.39. The molecular formula is C13H23NO4. The number of piperidine rings is 1. The number of ether oxygens (including phenoxy) is 1. The molecule has 0 amide bonds. The normalized spacial score (nSPS) is 32.5. The van der Waals surface area contributed by atoms with Gasteiger partial charge in [-0.2, -0.15) is 5.06 Å². The van der Waals surface area contributed by atoms with Crippen molar-refractivity contribution in [1.82, 2.24) is 5.06 Å². The Kier molecular flexibility index (Phi) is 3.42. The van der Waals surface area contributed by atoms with Crippen molar-refractivity contribution in [3.8, 4) is 0 Å². The molecule has 0 radical (unpaired) electrons. The summed E-state index contributed by atoms with van der Waals surface area (Å²) in [6.07, 6.45) is 1.05. The van der Waals surface area contributed by atoms with Crippen LogP contribution in [0, 0.1) is 0 Å². The van der Waals surface area contributed by atoms with Gasteiger partial charge in [-0.15, -0.1) is 0 Å². The molecule has 0 saturated carbocycles. The molecule has 0 aromatic carbocycles. The second kappa shape index (κ2) is 4.47. The fourth-order valence-electron chi connectivity index (χ4n) is 3.20. The molecule has 2 heterocycles. The number of esters is 1. The van der Waals surface area contributed by atoms with Crippen molar-refractivity contribution in [2.75, 3.05) is 6.61 Å². The Bertz CT molecular complexity index is 322. The molecule has 2 saturated heterocycles. The van der Waals surface area contributed by atoms with E-state index in [0.717, 1.165) is 0 Å². The third kappa shape index (κ3) is 2.53. The average Bonchev–Trinajstić information content (AvgIpc) is 2.56. The van der Waals surface area contributed by atoms with Crippen LogP contribution in [0.2, 0.25) is 0 Å². The number of carbonyl (C=O) groups excluding carboxylic acids is 1. The Morgan fingerprint density at radius 1 is 1.28 bits per heavy atom. The van der Waals surface area contributed by atoms with Gasteiger partial charge in [0.1, 0.15) is 0 Å². The van der Waals surface area contributed by atoms with E-state index in [0.29, 0.717) is 25.9 Å². The van der Waals surface area contributed by atoms with Gasteiger partial charge in [0, 0.05) is 17.5 Å². The van der Waals surface area contributed by atoms with Crippen LogP contribution in [0.4, 0.5) is 0 Å². The van der Waals surface area contributed by atoms with Crippen LogP contribution >= 0.6 is 0 Å². The van der Waals surface area contributed by atoms with Crippen molar-refractivity contribution in [3.63, 3.8) is 0 Å². The lowest BCUT2D eigenvalue weighted by Crippen LogP contribution is -2.62. The monoisotopic (exact) mass is 257 g/mol. The van der Waals surface area contributed by atoms with Crippen molar-refractivity contribution >= 4 is 5.97 Å². The van der Waals surface area contributed by atoms with Crippen LogP contribution in [0.3, 0.4) is 0 Å². The summed E-state index contributed by atoms with van der Waals surface area (Å²) in [7, 11) is 0. The highest BCUT2D eigenvalue weighted by Gasteiger charge is 2.48. The minimum atomic E-state index is -0.501. The van der Waals surface area contributed by atoms with Crippen LogP contribution in [-0.4, -0.2) is 46.0 Å². The van der Waals surface area contributed by atoms with E-state index in [1.807, 2.05) is 32.8 Å². The summed E-state index contributed by atoms with van der Waals surface area (Å²) >= 11 is 0. The largest absolute Gasteiger partial charge is 0.464 e. The molecule has 2 aliphatic heterocycles. The summed E-state index contributed by atoms with van der Waals surface area (Å²) in [5.41, 5.74) is -0.603. The van der Waals surface area contributed by atoms with Gasteiger partial charge in [-0.3, -0.25) is 4.84 Å². The molecule has 5 heteroatoms. The first-order valence-corrected chi connectivity index (χ1v) is 6.54. The molecule has 1 atom stereocenters. The topological polar surface area (TPSA) is 59.0 Å². The van der Waals surface area contributed by atoms with Gasteiger partial charge in [-0.1, -0.05) is 0 Å². The van der Waals surface area contributed by atoms with E-state index in [1.54, 1.807) is 0 Å². The van der Waals surface area contributed by atoms with E-state index in [-0.39, 0.29) is 23.2 Å². The molecule has 1 unspecified atom stereocenters. The quantitative estimate of drug-likeness (QED) is 0.754. The summed E-state index contributed by atoms with van der Waals surface area (Å²) in [4.78, 5) is 17.4. The van der Waals surface area contributed by atoms with Crippen LogP contribution in [0.25, 0.3) is 0 Å². The van der Waals surface area contributed by atoms with E-state index in [4.69, 9.17) is 9.57 Å². The molecule has 5 nitrogen and oxygen atoms in total. The van der Waals surface area contributed by atoms with Gasteiger partial charge in [-0.05, 0) is 40.5 Å². The van der Waals surface area contributed by atoms with Gasteiger partial charge >= 0.3 is 5.97 Å². The molecule has 18 heavy (non-hydrogen) atoms. The number of cyclic esters (lactones) is 1. The Balaban J connectivity index is 2.15. The van der Waals surface area contributed by atoms with Crippen molar-refractivity contribution < 1.29 is 19.5 Å². The second-order valence-electron chi connectivity index (χ2n) is 6.53. The summed E-state index contributed by atoms with van der Waals surface area (Å²) in [5, 5.41) is 11.8. The molecule has 104 valence electrons. The second-order valence-corrected chi connectivity index (χ2v) is 6.53. The van der Waals surface area contributed by atoms with Gasteiger partial charge in [0.2, 0.25) is 0 Å². The highest BCUT2D eigenvalue weighted by atomic mass is 16.7. The summed E-state index contributed by atoms with van der Waals surface area (Å²) in [6.45, 7) is 8.53. The van der Waals surface area contributed by atoms with Crippen molar-refractivity contribution in [2.24, 2.45) is 0 Å². The van der Waals surface area contributed by atoms with E-state index in [2.05, 4.69) is 0 Å². The summed E-state index contributed by atoms with van der Waals surface area (Å²) in [6, 6.07) is 0. The number of carbonyl (C=O) groups is 1. The Morgan fingerprint density at radius 3 is 2.28 bits per heavy atom. The van der Waals surface area contributed by atoms with Crippen LogP contribution in [0.15, 0.2) is 0 Å². The number of hydrogen-bond acceptors (Lipinski definition) is 5. The van der Waals surface area contributed by atoms with Crippen LogP contribution < -0.4 is 0 Å². The fourth-order valence-corrected chi connectivity index (χ4v) is 3.20. The number of hydroxylamine groups is 2. The molecule has 2 fully saturated rings. The molecular weight excluding hydrogens is 234 g/mol. The Morgan fingerprint density at radius 2 is 1.83 bits per heavy atom. The number of nitrogens with zero attached hydrogens (tertiary/aromatic N) is 1. The zero-order valence-corrected chi connectivity index (χ0v) is 11.6. The maximum Gasteiger partial charge on any atom is 0.337 e. The smallest absolute Gasteiger partial charge is 0.337 e. The van der Waals surface area contributed by atoms with Gasteiger partial charge in [0.25, 0.3) is 0 Å². The molecule has 0 spiro atoms. The first-order valence-electron chi connectivity index (χ1n) is 6.54. The van der Waals surface area contributed by atoms with Gasteiger partial charge < -0.3 is 9.84 Å². The van der Waals surface area contributed by atoms with E-state index in [1.165, 1.54) is 0 Å². The lowest BCUT2D eigenvalue weighted by atomic mass is 9.80. The summed E-state index contributed by atoms with van der Waals surface area (Å²) in [5.74, 6) is -0.285. The molecule has 0 bridgehead atoms. The Hall–Kier alpha value is -0.650. The van der Waals surface area contributed by atoms with Gasteiger partial charge in [-0.25, -0.2) is 4.79 Å². The van der Waals surface area contributed by atoms with E-state index >= 15 is 0 Å². The van der Waals surface area contributed by atoms with Crippen molar-refractivity contribution in [3.05, 3.63) is 0 Å². The van der Waals surface area contributed by atoms with Crippen LogP contribution in [0.1, 0.15) is 47.0 Å². The summed E-state index contributed by atoms with van der Waals surface area (Å²) < 4.78 is 4.92. The third-order valence-corrected chi connectivity index (χ3v) is 3.69. The predicted octanol–water partition coefficient (Wildman–Crippen LogP) is 1.25. The maximum atomic E-state index is 11.5. The fraction of sp³-hybridized carbons (Fsp3) is 0.923. The molecule has 2 rings (SSSR count). The zero-order chi connectivity index (χ0) is 13.6. The van der Waals surface area contributed by atoms with Gasteiger partial charge in [0.05, 0.1) is 12.7 Å². The van der Waals surface area contributed by atoms with Crippen molar-refractivity contribution in [1.29, 1.82) is 0 Å². The first-order chi connectivity index (χ1) is 8.22. The Labute approximate surface area is 108 Å². The number of aliphatic hydroxyl groups excluding tert-OH is 1. The standard InChI is InChI=1S/C13H23NO4/c1-12(2)7-9(15)8-13(3,4)14(12)18-10-5-6-17-11(10)16/h9-10,15H,5-8H2,1-4H3. The molecule has 0 aliphatic carbocycles. The zero-order valence-electron chi connectivity index (χ0n) is 11.6. The number of aliphatic hydroxyl groups is 1. The number of hydrogen-bond donors (Lipinski definition) is 1. The number of rotatable bonds is 2. The predicted molar refractivity (Wildman–Crippen MR) is 65.7 cm³/mol. The molecule has 0 aromatic rings. The van der Waals surface area contributed by atoms with Gasteiger partial charge in [0.15, 0.2) is 6.10 Å².